The summed E-state index contributed by atoms with van der Waals surface area (Å²) >= 11 is 2.90. The Labute approximate surface area is 86.5 Å². The van der Waals surface area contributed by atoms with E-state index in [-0.39, 0.29) is 10.9 Å². The molecule has 0 aliphatic heterocycles. The summed E-state index contributed by atoms with van der Waals surface area (Å²) in [7, 11) is 0. The molecule has 0 aliphatic rings. The molecule has 0 unspecified atom stereocenters. The molecule has 0 saturated heterocycles. The number of anilines is 1. The summed E-state index contributed by atoms with van der Waals surface area (Å²) in [5.74, 6) is 0. The molecule has 6 heteroatoms. The fraction of sp³-hybridized carbons (Fsp3) is 0. The quantitative estimate of drug-likeness (QED) is 0.670. The predicted molar refractivity (Wildman–Crippen MR) is 57.6 cm³/mol. The summed E-state index contributed by atoms with van der Waals surface area (Å²) in [6.45, 7) is 0. The van der Waals surface area contributed by atoms with Gasteiger partial charge in [0.05, 0.1) is 26.9 Å². The molecule has 14 heavy (non-hydrogen) atoms. The van der Waals surface area contributed by atoms with Gasteiger partial charge >= 0.3 is 0 Å². The van der Waals surface area contributed by atoms with Crippen LogP contribution in [0.5, 0.6) is 0 Å². The van der Waals surface area contributed by atoms with Gasteiger partial charge in [-0.2, -0.15) is 3.71 Å². The summed E-state index contributed by atoms with van der Waals surface area (Å²) in [6.07, 6.45) is 0. The van der Waals surface area contributed by atoms with E-state index in [1.807, 2.05) is 0 Å². The zero-order valence-electron chi connectivity index (χ0n) is 6.95. The van der Waals surface area contributed by atoms with Crippen LogP contribution in [0.2, 0.25) is 0 Å². The van der Waals surface area contributed by atoms with Crippen molar-refractivity contribution < 1.29 is 0 Å². The van der Waals surface area contributed by atoms with Crippen molar-refractivity contribution in [3.05, 3.63) is 38.9 Å². The predicted octanol–water partition coefficient (Wildman–Crippen LogP) is 0.430. The molecule has 3 N–H and O–H groups in total. The third-order valence-corrected chi connectivity index (χ3v) is 2.43. The number of hydrogen-bond donors (Lipinski definition) is 2. The topological polar surface area (TPSA) is 80.9 Å². The Balaban J connectivity index is 3.18. The Morgan fingerprint density at radius 2 is 2.07 bits per heavy atom. The fourth-order valence-electron chi connectivity index (χ4n) is 1.30. The standard InChI is InChI=1S/C8H6BrN3O2/c9-12-8(14)4-2-1-3-5(10)6(4)7(13)11-12/h1-3H,10H2,(H,11,13). The highest BCUT2D eigenvalue weighted by molar-refractivity contribution is 9.08. The van der Waals surface area contributed by atoms with Crippen LogP contribution in [0.4, 0.5) is 5.69 Å². The molecule has 0 atom stereocenters. The normalized spacial score (nSPS) is 10.6. The molecule has 0 amide bonds. The van der Waals surface area contributed by atoms with Gasteiger partial charge in [-0.25, -0.2) is 5.10 Å². The molecule has 2 aromatic rings. The summed E-state index contributed by atoms with van der Waals surface area (Å²) in [5, 5.41) is 2.83. The van der Waals surface area contributed by atoms with E-state index in [4.69, 9.17) is 5.73 Å². The van der Waals surface area contributed by atoms with Crippen LogP contribution in [0.1, 0.15) is 0 Å². The molecule has 1 aromatic heterocycles. The van der Waals surface area contributed by atoms with E-state index in [0.717, 1.165) is 3.71 Å². The first kappa shape index (κ1) is 9.01. The van der Waals surface area contributed by atoms with E-state index < -0.39 is 5.56 Å². The highest BCUT2D eigenvalue weighted by Crippen LogP contribution is 2.12. The Kier molecular flexibility index (Phi) is 1.92. The maximum Gasteiger partial charge on any atom is 0.283 e. The summed E-state index contributed by atoms with van der Waals surface area (Å²) in [5.41, 5.74) is 5.16. The van der Waals surface area contributed by atoms with Crippen LogP contribution in [-0.4, -0.2) is 8.81 Å². The first-order valence-corrected chi connectivity index (χ1v) is 4.52. The van der Waals surface area contributed by atoms with Gasteiger partial charge in [0.25, 0.3) is 11.1 Å². The lowest BCUT2D eigenvalue weighted by molar-refractivity contribution is 0.927. The largest absolute Gasteiger partial charge is 0.398 e. The highest BCUT2D eigenvalue weighted by atomic mass is 79.9. The summed E-state index contributed by atoms with van der Waals surface area (Å²) in [4.78, 5) is 23.0. The Hall–Kier alpha value is -1.56. The molecule has 1 heterocycles. The average Bonchev–Trinajstić information content (AvgIpc) is 2.14. The summed E-state index contributed by atoms with van der Waals surface area (Å²) < 4.78 is 0.955. The first-order chi connectivity index (χ1) is 6.61. The molecule has 0 spiro atoms. The molecule has 0 aliphatic carbocycles. The van der Waals surface area contributed by atoms with Gasteiger partial charge in [-0.1, -0.05) is 6.07 Å². The van der Waals surface area contributed by atoms with Gasteiger partial charge in [0, 0.05) is 5.69 Å². The summed E-state index contributed by atoms with van der Waals surface area (Å²) in [6, 6.07) is 4.77. The van der Waals surface area contributed by atoms with Crippen LogP contribution in [0, 0.1) is 0 Å². The van der Waals surface area contributed by atoms with Crippen LogP contribution < -0.4 is 16.9 Å². The highest BCUT2D eigenvalue weighted by Gasteiger charge is 2.07. The maximum atomic E-state index is 11.5. The van der Waals surface area contributed by atoms with E-state index in [2.05, 4.69) is 21.2 Å². The molecule has 0 radical (unpaired) electrons. The molecule has 1 aromatic carbocycles. The monoisotopic (exact) mass is 255 g/mol. The van der Waals surface area contributed by atoms with E-state index in [9.17, 15) is 9.59 Å². The number of rotatable bonds is 0. The third-order valence-electron chi connectivity index (χ3n) is 1.93. The SMILES string of the molecule is Nc1cccc2c(=O)n(Br)[nH]c(=O)c12. The van der Waals surface area contributed by atoms with Crippen molar-refractivity contribution in [2.45, 2.75) is 0 Å². The number of aromatic amines is 1. The molecule has 0 saturated carbocycles. The first-order valence-electron chi connectivity index (χ1n) is 3.81. The van der Waals surface area contributed by atoms with Crippen molar-refractivity contribution >= 4 is 32.6 Å². The number of fused-ring (bicyclic) bond motifs is 1. The van der Waals surface area contributed by atoms with Gasteiger partial charge in [-0.15, -0.1) is 0 Å². The minimum atomic E-state index is -0.394. The van der Waals surface area contributed by atoms with Gasteiger partial charge in [0.2, 0.25) is 0 Å². The van der Waals surface area contributed by atoms with E-state index >= 15 is 0 Å². The fourth-order valence-corrected chi connectivity index (χ4v) is 1.66. The Morgan fingerprint density at radius 1 is 1.36 bits per heavy atom. The van der Waals surface area contributed by atoms with Gasteiger partial charge < -0.3 is 5.73 Å². The van der Waals surface area contributed by atoms with Crippen LogP contribution in [0.3, 0.4) is 0 Å². The van der Waals surface area contributed by atoms with Gasteiger partial charge in [-0.05, 0) is 12.1 Å². The number of nitrogens with two attached hydrogens (primary N) is 1. The van der Waals surface area contributed by atoms with Crippen molar-refractivity contribution in [3.63, 3.8) is 0 Å². The molecular weight excluding hydrogens is 250 g/mol. The number of H-pyrrole nitrogens is 1. The molecule has 0 bridgehead atoms. The van der Waals surface area contributed by atoms with Gasteiger partial charge in [0.1, 0.15) is 0 Å². The minimum absolute atomic E-state index is 0.230. The number of hydrogen-bond acceptors (Lipinski definition) is 3. The lowest BCUT2D eigenvalue weighted by atomic mass is 10.2. The third kappa shape index (κ3) is 1.15. The van der Waals surface area contributed by atoms with Crippen molar-refractivity contribution in [2.24, 2.45) is 0 Å². The van der Waals surface area contributed by atoms with E-state index in [0.29, 0.717) is 11.1 Å². The number of benzene rings is 1. The Morgan fingerprint density at radius 3 is 2.79 bits per heavy atom. The smallest absolute Gasteiger partial charge is 0.283 e. The van der Waals surface area contributed by atoms with Gasteiger partial charge in [-0.3, -0.25) is 9.59 Å². The zero-order valence-corrected chi connectivity index (χ0v) is 8.54. The molecule has 5 nitrogen and oxygen atoms in total. The van der Waals surface area contributed by atoms with Gasteiger partial charge in [0.15, 0.2) is 0 Å². The van der Waals surface area contributed by atoms with E-state index in [1.165, 1.54) is 0 Å². The van der Waals surface area contributed by atoms with Crippen molar-refractivity contribution in [2.75, 3.05) is 5.73 Å². The number of nitrogens with zero attached hydrogens (tertiary/aromatic N) is 1. The molecular formula is C8H6BrN3O2. The second-order valence-corrected chi connectivity index (χ2v) is 3.51. The minimum Gasteiger partial charge on any atom is -0.398 e. The average molecular weight is 256 g/mol. The zero-order chi connectivity index (χ0) is 10.3. The second kappa shape index (κ2) is 2.98. The number of aromatic nitrogens is 2. The number of halogens is 1. The van der Waals surface area contributed by atoms with Crippen LogP contribution in [-0.2, 0) is 0 Å². The molecule has 2 rings (SSSR count). The molecule has 0 fully saturated rings. The van der Waals surface area contributed by atoms with E-state index in [1.54, 1.807) is 18.2 Å². The maximum absolute atomic E-state index is 11.5. The number of nitrogens with one attached hydrogen (secondary N) is 1. The lowest BCUT2D eigenvalue weighted by Gasteiger charge is -2.00. The van der Waals surface area contributed by atoms with Crippen molar-refractivity contribution in [3.8, 4) is 0 Å². The second-order valence-electron chi connectivity index (χ2n) is 2.80. The molecule has 72 valence electrons. The van der Waals surface area contributed by atoms with Crippen LogP contribution in [0.15, 0.2) is 27.8 Å². The number of nitrogen functional groups attached to an aromatic ring is 1. The van der Waals surface area contributed by atoms with Crippen LogP contribution >= 0.6 is 16.1 Å². The lowest BCUT2D eigenvalue weighted by Crippen LogP contribution is -2.24. The Bertz CT molecular complexity index is 614. The van der Waals surface area contributed by atoms with Crippen molar-refractivity contribution in [1.29, 1.82) is 0 Å². The van der Waals surface area contributed by atoms with Crippen molar-refractivity contribution in [1.82, 2.24) is 8.81 Å². The van der Waals surface area contributed by atoms with Crippen LogP contribution in [0.25, 0.3) is 10.8 Å².